The second kappa shape index (κ2) is 6.81. The van der Waals surface area contributed by atoms with E-state index in [0.717, 1.165) is 13.1 Å². The summed E-state index contributed by atoms with van der Waals surface area (Å²) in [4.78, 5) is 0. The Labute approximate surface area is 64.5 Å². The molecule has 0 aliphatic heterocycles. The highest BCUT2D eigenvalue weighted by atomic mass is 14.8. The van der Waals surface area contributed by atoms with Gasteiger partial charge < -0.3 is 5.32 Å². The highest BCUT2D eigenvalue weighted by Gasteiger charge is 1.85. The molecule has 0 aromatic carbocycles. The van der Waals surface area contributed by atoms with Gasteiger partial charge >= 0.3 is 0 Å². The molecule has 0 fully saturated rings. The van der Waals surface area contributed by atoms with Gasteiger partial charge in [-0.1, -0.05) is 31.9 Å². The van der Waals surface area contributed by atoms with Crippen molar-refractivity contribution in [3.05, 3.63) is 11.6 Å². The Morgan fingerprint density at radius 3 is 2.60 bits per heavy atom. The SMILES string of the molecule is CCC/C=C(\C)CNCC. The number of unbranched alkanes of at least 4 members (excludes halogenated alkanes) is 1. The van der Waals surface area contributed by atoms with Gasteiger partial charge in [-0.15, -0.1) is 0 Å². The fourth-order valence-corrected chi connectivity index (χ4v) is 0.785. The van der Waals surface area contributed by atoms with E-state index in [9.17, 15) is 0 Å². The van der Waals surface area contributed by atoms with E-state index in [2.05, 4.69) is 32.2 Å². The summed E-state index contributed by atoms with van der Waals surface area (Å²) >= 11 is 0. The van der Waals surface area contributed by atoms with Crippen molar-refractivity contribution < 1.29 is 0 Å². The molecule has 0 atom stereocenters. The molecule has 0 unspecified atom stereocenters. The third-order valence-electron chi connectivity index (χ3n) is 1.44. The predicted octanol–water partition coefficient (Wildman–Crippen LogP) is 2.34. The first-order valence-corrected chi connectivity index (χ1v) is 4.17. The lowest BCUT2D eigenvalue weighted by Crippen LogP contribution is -2.14. The van der Waals surface area contributed by atoms with Crippen LogP contribution in [0.4, 0.5) is 0 Å². The molecule has 1 N–H and O–H groups in total. The summed E-state index contributed by atoms with van der Waals surface area (Å²) in [6.45, 7) is 8.64. The maximum atomic E-state index is 3.29. The van der Waals surface area contributed by atoms with Crippen LogP contribution in [0.2, 0.25) is 0 Å². The van der Waals surface area contributed by atoms with Crippen molar-refractivity contribution >= 4 is 0 Å². The topological polar surface area (TPSA) is 12.0 Å². The van der Waals surface area contributed by atoms with Crippen molar-refractivity contribution in [2.24, 2.45) is 0 Å². The smallest absolute Gasteiger partial charge is 0.0161 e. The zero-order chi connectivity index (χ0) is 7.82. The number of nitrogens with one attached hydrogen (secondary N) is 1. The molecule has 0 aliphatic rings. The molecular formula is C9H19N. The zero-order valence-electron chi connectivity index (χ0n) is 7.41. The number of hydrogen-bond donors (Lipinski definition) is 1. The predicted molar refractivity (Wildman–Crippen MR) is 47.2 cm³/mol. The van der Waals surface area contributed by atoms with Gasteiger partial charge in [-0.3, -0.25) is 0 Å². The van der Waals surface area contributed by atoms with Gasteiger partial charge in [0.1, 0.15) is 0 Å². The fraction of sp³-hybridized carbons (Fsp3) is 0.778. The third-order valence-corrected chi connectivity index (χ3v) is 1.44. The lowest BCUT2D eigenvalue weighted by Gasteiger charge is -2.00. The Balaban J connectivity index is 3.30. The van der Waals surface area contributed by atoms with Gasteiger partial charge in [0.15, 0.2) is 0 Å². The normalized spacial score (nSPS) is 12.1. The van der Waals surface area contributed by atoms with E-state index in [-0.39, 0.29) is 0 Å². The van der Waals surface area contributed by atoms with Gasteiger partial charge in [-0.05, 0) is 19.9 Å². The largest absolute Gasteiger partial charge is 0.313 e. The first kappa shape index (κ1) is 9.70. The summed E-state index contributed by atoms with van der Waals surface area (Å²) in [7, 11) is 0. The standard InChI is InChI=1S/C9H19N/c1-4-6-7-9(3)8-10-5-2/h7,10H,4-6,8H2,1-3H3/b9-7+. The first-order valence-electron chi connectivity index (χ1n) is 4.17. The fourth-order valence-electron chi connectivity index (χ4n) is 0.785. The monoisotopic (exact) mass is 141 g/mol. The van der Waals surface area contributed by atoms with Gasteiger partial charge in [-0.2, -0.15) is 0 Å². The molecule has 0 bridgehead atoms. The van der Waals surface area contributed by atoms with E-state index >= 15 is 0 Å². The average molecular weight is 141 g/mol. The minimum absolute atomic E-state index is 1.05. The van der Waals surface area contributed by atoms with Crippen LogP contribution in [0.15, 0.2) is 11.6 Å². The van der Waals surface area contributed by atoms with Crippen LogP contribution >= 0.6 is 0 Å². The molecule has 0 rings (SSSR count). The molecule has 0 aromatic rings. The molecule has 60 valence electrons. The number of allylic oxidation sites excluding steroid dienone is 1. The van der Waals surface area contributed by atoms with E-state index in [0.29, 0.717) is 0 Å². The highest BCUT2D eigenvalue weighted by molar-refractivity contribution is 4.99. The van der Waals surface area contributed by atoms with Crippen molar-refractivity contribution in [2.45, 2.75) is 33.6 Å². The molecular weight excluding hydrogens is 122 g/mol. The molecule has 0 saturated carbocycles. The second-order valence-corrected chi connectivity index (χ2v) is 2.62. The van der Waals surface area contributed by atoms with E-state index < -0.39 is 0 Å². The Morgan fingerprint density at radius 1 is 1.40 bits per heavy atom. The molecule has 0 heterocycles. The summed E-state index contributed by atoms with van der Waals surface area (Å²) in [6, 6.07) is 0. The van der Waals surface area contributed by atoms with E-state index in [1.165, 1.54) is 18.4 Å². The van der Waals surface area contributed by atoms with Crippen molar-refractivity contribution in [1.29, 1.82) is 0 Å². The molecule has 0 radical (unpaired) electrons. The quantitative estimate of drug-likeness (QED) is 0.579. The number of likely N-dealkylation sites (N-methyl/N-ethyl adjacent to an activating group) is 1. The second-order valence-electron chi connectivity index (χ2n) is 2.62. The van der Waals surface area contributed by atoms with Gasteiger partial charge in [0, 0.05) is 6.54 Å². The van der Waals surface area contributed by atoms with Gasteiger partial charge in [-0.25, -0.2) is 0 Å². The summed E-state index contributed by atoms with van der Waals surface area (Å²) < 4.78 is 0. The third kappa shape index (κ3) is 5.83. The maximum absolute atomic E-state index is 3.29. The summed E-state index contributed by atoms with van der Waals surface area (Å²) in [5, 5.41) is 3.29. The summed E-state index contributed by atoms with van der Waals surface area (Å²) in [6.07, 6.45) is 4.78. The Bertz CT molecular complexity index is 94.9. The van der Waals surface area contributed by atoms with Gasteiger partial charge in [0.2, 0.25) is 0 Å². The average Bonchev–Trinajstić information content (AvgIpc) is 1.97. The molecule has 0 amide bonds. The molecule has 0 aliphatic carbocycles. The molecule has 1 heteroatoms. The van der Waals surface area contributed by atoms with Crippen LogP contribution < -0.4 is 5.32 Å². The minimum Gasteiger partial charge on any atom is -0.313 e. The zero-order valence-corrected chi connectivity index (χ0v) is 7.41. The maximum Gasteiger partial charge on any atom is 0.0161 e. The molecule has 0 aromatic heterocycles. The lowest BCUT2D eigenvalue weighted by molar-refractivity contribution is 0.770. The highest BCUT2D eigenvalue weighted by Crippen LogP contribution is 1.95. The van der Waals surface area contributed by atoms with E-state index in [4.69, 9.17) is 0 Å². The van der Waals surface area contributed by atoms with E-state index in [1.54, 1.807) is 0 Å². The minimum atomic E-state index is 1.05. The van der Waals surface area contributed by atoms with Crippen molar-refractivity contribution in [3.8, 4) is 0 Å². The first-order chi connectivity index (χ1) is 4.81. The lowest BCUT2D eigenvalue weighted by atomic mass is 10.2. The van der Waals surface area contributed by atoms with Crippen LogP contribution in [-0.2, 0) is 0 Å². The molecule has 10 heavy (non-hydrogen) atoms. The van der Waals surface area contributed by atoms with Crippen molar-refractivity contribution in [3.63, 3.8) is 0 Å². The Hall–Kier alpha value is -0.300. The summed E-state index contributed by atoms with van der Waals surface area (Å²) in [5.41, 5.74) is 1.46. The Kier molecular flexibility index (Phi) is 6.61. The summed E-state index contributed by atoms with van der Waals surface area (Å²) in [5.74, 6) is 0. The number of hydrogen-bond acceptors (Lipinski definition) is 1. The van der Waals surface area contributed by atoms with Crippen LogP contribution in [-0.4, -0.2) is 13.1 Å². The molecule has 1 nitrogen and oxygen atoms in total. The van der Waals surface area contributed by atoms with Crippen LogP contribution in [0, 0.1) is 0 Å². The van der Waals surface area contributed by atoms with E-state index in [1.807, 2.05) is 0 Å². The molecule has 0 saturated heterocycles. The van der Waals surface area contributed by atoms with Gasteiger partial charge in [0.25, 0.3) is 0 Å². The van der Waals surface area contributed by atoms with Crippen LogP contribution in [0.3, 0.4) is 0 Å². The van der Waals surface area contributed by atoms with Crippen molar-refractivity contribution in [1.82, 2.24) is 5.32 Å². The van der Waals surface area contributed by atoms with Crippen LogP contribution in [0.1, 0.15) is 33.6 Å². The van der Waals surface area contributed by atoms with Crippen LogP contribution in [0.25, 0.3) is 0 Å². The molecule has 0 spiro atoms. The Morgan fingerprint density at radius 2 is 2.10 bits per heavy atom. The number of rotatable bonds is 5. The van der Waals surface area contributed by atoms with Gasteiger partial charge in [0.05, 0.1) is 0 Å². The van der Waals surface area contributed by atoms with Crippen LogP contribution in [0.5, 0.6) is 0 Å². The van der Waals surface area contributed by atoms with Crippen molar-refractivity contribution in [2.75, 3.05) is 13.1 Å².